The van der Waals surface area contributed by atoms with Gasteiger partial charge in [-0.05, 0) is 55.7 Å². The molecule has 2 aromatic carbocycles. The van der Waals surface area contributed by atoms with Gasteiger partial charge in [0.25, 0.3) is 5.91 Å². The van der Waals surface area contributed by atoms with Crippen molar-refractivity contribution in [1.82, 2.24) is 0 Å². The number of nitrogens with zero attached hydrogens (tertiary/aromatic N) is 1. The number of halogens is 1. The van der Waals surface area contributed by atoms with Crippen molar-refractivity contribution in [3.05, 3.63) is 58.6 Å². The zero-order valence-electron chi connectivity index (χ0n) is 14.7. The first-order chi connectivity index (χ1) is 12.5. The maximum absolute atomic E-state index is 12.6. The maximum Gasteiger partial charge on any atom is 0.344 e. The molecule has 0 bridgehead atoms. The average molecular weight is 374 g/mol. The number of fused-ring (bicyclic) bond motifs is 1. The van der Waals surface area contributed by atoms with Gasteiger partial charge in [0.1, 0.15) is 5.75 Å². The lowest BCUT2D eigenvalue weighted by molar-refractivity contribution is -0.155. The third kappa shape index (κ3) is 3.99. The number of hydrogen-bond donors (Lipinski definition) is 0. The van der Waals surface area contributed by atoms with Crippen molar-refractivity contribution in [3.63, 3.8) is 0 Å². The Hall–Kier alpha value is -2.53. The number of esters is 1. The molecular weight excluding hydrogens is 354 g/mol. The summed E-state index contributed by atoms with van der Waals surface area (Å²) in [4.78, 5) is 26.3. The van der Waals surface area contributed by atoms with E-state index in [2.05, 4.69) is 0 Å². The Morgan fingerprint density at radius 1 is 1.23 bits per heavy atom. The molecule has 1 heterocycles. The summed E-state index contributed by atoms with van der Waals surface area (Å²) in [5, 5.41) is 0.600. The third-order valence-electron chi connectivity index (χ3n) is 4.29. The first-order valence-electron chi connectivity index (χ1n) is 8.43. The molecule has 26 heavy (non-hydrogen) atoms. The van der Waals surface area contributed by atoms with Gasteiger partial charge in [0, 0.05) is 17.3 Å². The highest BCUT2D eigenvalue weighted by atomic mass is 35.5. The predicted molar refractivity (Wildman–Crippen MR) is 99.7 cm³/mol. The van der Waals surface area contributed by atoms with Gasteiger partial charge in [-0.3, -0.25) is 4.79 Å². The van der Waals surface area contributed by atoms with Crippen LogP contribution in [0.15, 0.2) is 42.5 Å². The Kier molecular flexibility index (Phi) is 5.47. The van der Waals surface area contributed by atoms with E-state index in [9.17, 15) is 9.59 Å². The summed E-state index contributed by atoms with van der Waals surface area (Å²) in [5.74, 6) is -0.266. The molecule has 5 nitrogen and oxygen atoms in total. The summed E-state index contributed by atoms with van der Waals surface area (Å²) < 4.78 is 10.7. The summed E-state index contributed by atoms with van der Waals surface area (Å²) in [6.45, 7) is 3.75. The Bertz CT molecular complexity index is 836. The van der Waals surface area contributed by atoms with Crippen LogP contribution in [0.25, 0.3) is 0 Å². The lowest BCUT2D eigenvalue weighted by Crippen LogP contribution is -2.39. The van der Waals surface area contributed by atoms with Gasteiger partial charge in [0.05, 0.1) is 0 Å². The van der Waals surface area contributed by atoms with Crippen molar-refractivity contribution in [2.24, 2.45) is 0 Å². The van der Waals surface area contributed by atoms with E-state index < -0.39 is 12.1 Å². The fourth-order valence-electron chi connectivity index (χ4n) is 2.98. The Labute approximate surface area is 157 Å². The van der Waals surface area contributed by atoms with Gasteiger partial charge in [-0.2, -0.15) is 0 Å². The van der Waals surface area contributed by atoms with Crippen molar-refractivity contribution in [2.45, 2.75) is 26.4 Å². The van der Waals surface area contributed by atoms with Crippen LogP contribution in [-0.4, -0.2) is 31.1 Å². The second-order valence-electron chi connectivity index (χ2n) is 6.20. The summed E-state index contributed by atoms with van der Waals surface area (Å²) >= 11 is 5.89. The molecule has 1 amide bonds. The quantitative estimate of drug-likeness (QED) is 0.752. The van der Waals surface area contributed by atoms with Crippen LogP contribution in [0.2, 0.25) is 5.02 Å². The second kappa shape index (κ2) is 7.79. The molecule has 0 saturated heterocycles. The molecule has 6 heteroatoms. The number of amides is 1. The summed E-state index contributed by atoms with van der Waals surface area (Å²) in [5.41, 5.74) is 2.83. The second-order valence-corrected chi connectivity index (χ2v) is 6.64. The van der Waals surface area contributed by atoms with Gasteiger partial charge in [-0.1, -0.05) is 29.8 Å². The first-order valence-corrected chi connectivity index (χ1v) is 8.81. The normalized spacial score (nSPS) is 13.9. The van der Waals surface area contributed by atoms with E-state index in [1.165, 1.54) is 0 Å². The molecule has 0 unspecified atom stereocenters. The van der Waals surface area contributed by atoms with E-state index in [0.29, 0.717) is 17.3 Å². The number of carbonyl (C=O) groups is 2. The van der Waals surface area contributed by atoms with Crippen LogP contribution >= 0.6 is 11.6 Å². The molecule has 136 valence electrons. The summed E-state index contributed by atoms with van der Waals surface area (Å²) in [7, 11) is 0. The molecule has 0 saturated carbocycles. The standard InChI is InChI=1S/C20H20ClNO4/c1-13-11-16(21)7-8-18(13)25-12-19(23)26-14(2)20(24)22-10-9-15-5-3-4-6-17(15)22/h3-8,11,14H,9-10,12H2,1-2H3/t14-/m1/s1. The minimum atomic E-state index is -0.872. The van der Waals surface area contributed by atoms with Crippen LogP contribution in [-0.2, 0) is 20.7 Å². The van der Waals surface area contributed by atoms with E-state index in [4.69, 9.17) is 21.1 Å². The number of ether oxygens (including phenoxy) is 2. The molecule has 0 aromatic heterocycles. The molecule has 0 fully saturated rings. The van der Waals surface area contributed by atoms with E-state index in [1.807, 2.05) is 31.2 Å². The molecule has 0 aliphatic carbocycles. The summed E-state index contributed by atoms with van der Waals surface area (Å²) in [6.07, 6.45) is -0.0646. The number of rotatable bonds is 5. The average Bonchev–Trinajstić information content (AvgIpc) is 3.04. The van der Waals surface area contributed by atoms with Crippen LogP contribution in [0.5, 0.6) is 5.75 Å². The molecule has 1 aliphatic heterocycles. The highest BCUT2D eigenvalue weighted by molar-refractivity contribution is 6.30. The van der Waals surface area contributed by atoms with Crippen LogP contribution in [0.3, 0.4) is 0 Å². The molecule has 1 atom stereocenters. The number of hydrogen-bond acceptors (Lipinski definition) is 4. The molecule has 0 N–H and O–H groups in total. The van der Waals surface area contributed by atoms with Gasteiger partial charge in [-0.25, -0.2) is 4.79 Å². The number of carbonyl (C=O) groups excluding carboxylic acids is 2. The first kappa shape index (κ1) is 18.3. The van der Waals surface area contributed by atoms with Gasteiger partial charge >= 0.3 is 5.97 Å². The highest BCUT2D eigenvalue weighted by Crippen LogP contribution is 2.28. The molecule has 2 aromatic rings. The maximum atomic E-state index is 12.6. The SMILES string of the molecule is Cc1cc(Cl)ccc1OCC(=O)O[C@H](C)C(=O)N1CCc2ccccc21. The van der Waals surface area contributed by atoms with Crippen LogP contribution in [0, 0.1) is 6.92 Å². The monoisotopic (exact) mass is 373 g/mol. The largest absolute Gasteiger partial charge is 0.482 e. The lowest BCUT2D eigenvalue weighted by atomic mass is 10.2. The van der Waals surface area contributed by atoms with Gasteiger partial charge < -0.3 is 14.4 Å². The van der Waals surface area contributed by atoms with E-state index in [1.54, 1.807) is 30.0 Å². The highest BCUT2D eigenvalue weighted by Gasteiger charge is 2.29. The fraction of sp³-hybridized carbons (Fsp3) is 0.300. The molecule has 1 aliphatic rings. The van der Waals surface area contributed by atoms with E-state index >= 15 is 0 Å². The zero-order chi connectivity index (χ0) is 18.7. The smallest absolute Gasteiger partial charge is 0.344 e. The Balaban J connectivity index is 1.55. The minimum absolute atomic E-state index is 0.231. The lowest BCUT2D eigenvalue weighted by Gasteiger charge is -2.21. The van der Waals surface area contributed by atoms with Crippen molar-refractivity contribution < 1.29 is 19.1 Å². The number of anilines is 1. The van der Waals surface area contributed by atoms with Gasteiger partial charge in [0.2, 0.25) is 0 Å². The predicted octanol–water partition coefficient (Wildman–Crippen LogP) is 3.55. The molecular formula is C20H20ClNO4. The van der Waals surface area contributed by atoms with Crippen LogP contribution in [0.4, 0.5) is 5.69 Å². The zero-order valence-corrected chi connectivity index (χ0v) is 15.5. The number of aryl methyl sites for hydroxylation is 1. The van der Waals surface area contributed by atoms with Crippen molar-refractivity contribution in [3.8, 4) is 5.75 Å². The summed E-state index contributed by atoms with van der Waals surface area (Å²) in [6, 6.07) is 12.9. The van der Waals surface area contributed by atoms with Crippen molar-refractivity contribution in [2.75, 3.05) is 18.1 Å². The van der Waals surface area contributed by atoms with Crippen molar-refractivity contribution in [1.29, 1.82) is 0 Å². The van der Waals surface area contributed by atoms with Gasteiger partial charge in [0.15, 0.2) is 12.7 Å². The Morgan fingerprint density at radius 2 is 2.00 bits per heavy atom. The van der Waals surface area contributed by atoms with E-state index in [-0.39, 0.29) is 12.5 Å². The van der Waals surface area contributed by atoms with Gasteiger partial charge in [-0.15, -0.1) is 0 Å². The third-order valence-corrected chi connectivity index (χ3v) is 4.53. The van der Waals surface area contributed by atoms with E-state index in [0.717, 1.165) is 23.2 Å². The number of benzene rings is 2. The molecule has 0 spiro atoms. The Morgan fingerprint density at radius 3 is 2.77 bits per heavy atom. The number of para-hydroxylation sites is 1. The van der Waals surface area contributed by atoms with Crippen LogP contribution in [0.1, 0.15) is 18.1 Å². The van der Waals surface area contributed by atoms with Crippen LogP contribution < -0.4 is 9.64 Å². The molecule has 0 radical (unpaired) electrons. The van der Waals surface area contributed by atoms with Crippen molar-refractivity contribution >= 4 is 29.2 Å². The minimum Gasteiger partial charge on any atom is -0.482 e. The fourth-order valence-corrected chi connectivity index (χ4v) is 3.21. The topological polar surface area (TPSA) is 55.8 Å². The molecule has 3 rings (SSSR count).